The maximum atomic E-state index is 5.85. The Morgan fingerprint density at radius 3 is 2.76 bits per heavy atom. The second-order valence-corrected chi connectivity index (χ2v) is 5.60. The molecular weight excluding hydrogens is 328 g/mol. The van der Waals surface area contributed by atoms with Crippen LogP contribution in [-0.4, -0.2) is 12.0 Å². The zero-order valence-electron chi connectivity index (χ0n) is 11.6. The van der Waals surface area contributed by atoms with Gasteiger partial charge in [0.2, 0.25) is 0 Å². The molecule has 0 aliphatic carbocycles. The normalized spacial score (nSPS) is 10.6. The molecule has 21 heavy (non-hydrogen) atoms. The van der Waals surface area contributed by atoms with E-state index in [1.165, 1.54) is 0 Å². The minimum Gasteiger partial charge on any atom is -0.489 e. The SMILES string of the molecule is CNc1nc2ccccc2cc1COc1cccc(Br)c1. The average Bonchev–Trinajstić information content (AvgIpc) is 2.52. The maximum Gasteiger partial charge on any atom is 0.133 e. The molecule has 0 amide bonds. The number of fused-ring (bicyclic) bond motifs is 1. The van der Waals surface area contributed by atoms with Crippen LogP contribution in [0.5, 0.6) is 5.75 Å². The predicted molar refractivity (Wildman–Crippen MR) is 89.8 cm³/mol. The van der Waals surface area contributed by atoms with Gasteiger partial charge in [-0.1, -0.05) is 40.2 Å². The monoisotopic (exact) mass is 342 g/mol. The summed E-state index contributed by atoms with van der Waals surface area (Å²) < 4.78 is 6.86. The third-order valence-electron chi connectivity index (χ3n) is 3.23. The molecule has 1 aromatic heterocycles. The number of benzene rings is 2. The highest BCUT2D eigenvalue weighted by Gasteiger charge is 2.06. The molecular formula is C17H15BrN2O. The lowest BCUT2D eigenvalue weighted by Gasteiger charge is -2.11. The molecule has 0 saturated heterocycles. The molecule has 3 rings (SSSR count). The summed E-state index contributed by atoms with van der Waals surface area (Å²) in [6, 6.07) is 18.0. The lowest BCUT2D eigenvalue weighted by Crippen LogP contribution is -2.03. The first-order chi connectivity index (χ1) is 10.3. The Morgan fingerprint density at radius 2 is 1.95 bits per heavy atom. The summed E-state index contributed by atoms with van der Waals surface area (Å²) in [6.45, 7) is 0.477. The van der Waals surface area contributed by atoms with E-state index in [-0.39, 0.29) is 0 Å². The summed E-state index contributed by atoms with van der Waals surface area (Å²) in [7, 11) is 1.87. The van der Waals surface area contributed by atoms with Crippen LogP contribution in [0.15, 0.2) is 59.1 Å². The Balaban J connectivity index is 1.88. The van der Waals surface area contributed by atoms with E-state index in [4.69, 9.17) is 4.74 Å². The maximum absolute atomic E-state index is 5.85. The van der Waals surface area contributed by atoms with Crippen molar-refractivity contribution in [1.82, 2.24) is 4.98 Å². The molecule has 3 aromatic rings. The van der Waals surface area contributed by atoms with E-state index in [1.54, 1.807) is 0 Å². The molecule has 0 atom stereocenters. The predicted octanol–water partition coefficient (Wildman–Crippen LogP) is 4.62. The number of aromatic nitrogens is 1. The molecule has 0 bridgehead atoms. The zero-order valence-corrected chi connectivity index (χ0v) is 13.2. The first-order valence-electron chi connectivity index (χ1n) is 6.71. The van der Waals surface area contributed by atoms with Gasteiger partial charge in [0.05, 0.1) is 5.52 Å². The molecule has 106 valence electrons. The van der Waals surface area contributed by atoms with Gasteiger partial charge in [0.15, 0.2) is 0 Å². The van der Waals surface area contributed by atoms with Gasteiger partial charge in [0, 0.05) is 22.5 Å². The molecule has 1 heterocycles. The van der Waals surface area contributed by atoms with Crippen molar-refractivity contribution in [2.75, 3.05) is 12.4 Å². The van der Waals surface area contributed by atoms with Crippen LogP contribution >= 0.6 is 15.9 Å². The fourth-order valence-corrected chi connectivity index (χ4v) is 2.58. The summed E-state index contributed by atoms with van der Waals surface area (Å²) in [5.74, 6) is 1.68. The molecule has 4 heteroatoms. The topological polar surface area (TPSA) is 34.2 Å². The third kappa shape index (κ3) is 3.16. The number of nitrogens with one attached hydrogen (secondary N) is 1. The number of rotatable bonds is 4. The Labute approximate surface area is 132 Å². The zero-order chi connectivity index (χ0) is 14.7. The smallest absolute Gasteiger partial charge is 0.133 e. The molecule has 0 aliphatic heterocycles. The lowest BCUT2D eigenvalue weighted by atomic mass is 10.1. The summed E-state index contributed by atoms with van der Waals surface area (Å²) in [4.78, 5) is 4.62. The van der Waals surface area contributed by atoms with Gasteiger partial charge < -0.3 is 10.1 Å². The molecule has 3 nitrogen and oxygen atoms in total. The molecule has 0 radical (unpaired) electrons. The Hall–Kier alpha value is -2.07. The van der Waals surface area contributed by atoms with Crippen LogP contribution < -0.4 is 10.1 Å². The highest BCUT2D eigenvalue weighted by Crippen LogP contribution is 2.23. The Morgan fingerprint density at radius 1 is 1.10 bits per heavy atom. The van der Waals surface area contributed by atoms with Crippen molar-refractivity contribution in [3.8, 4) is 5.75 Å². The van der Waals surface area contributed by atoms with Gasteiger partial charge in [-0.25, -0.2) is 4.98 Å². The van der Waals surface area contributed by atoms with Crippen LogP contribution in [0.4, 0.5) is 5.82 Å². The number of pyridine rings is 1. The highest BCUT2D eigenvalue weighted by atomic mass is 79.9. The van der Waals surface area contributed by atoms with E-state index in [0.717, 1.165) is 32.5 Å². The molecule has 0 aliphatic rings. The Kier molecular flexibility index (Phi) is 4.06. The number of halogens is 1. The van der Waals surface area contributed by atoms with Crippen molar-refractivity contribution >= 4 is 32.7 Å². The van der Waals surface area contributed by atoms with Gasteiger partial charge in [0.25, 0.3) is 0 Å². The molecule has 0 fully saturated rings. The van der Waals surface area contributed by atoms with Crippen LogP contribution in [0.2, 0.25) is 0 Å². The van der Waals surface area contributed by atoms with Crippen LogP contribution in [0.3, 0.4) is 0 Å². The van der Waals surface area contributed by atoms with E-state index < -0.39 is 0 Å². The van der Waals surface area contributed by atoms with Gasteiger partial charge in [-0.15, -0.1) is 0 Å². The van der Waals surface area contributed by atoms with Crippen LogP contribution in [0.25, 0.3) is 10.9 Å². The fourth-order valence-electron chi connectivity index (χ4n) is 2.20. The van der Waals surface area contributed by atoms with Crippen molar-refractivity contribution in [3.63, 3.8) is 0 Å². The summed E-state index contributed by atoms with van der Waals surface area (Å²) in [5, 5.41) is 4.25. The molecule has 0 spiro atoms. The minimum atomic E-state index is 0.477. The average molecular weight is 343 g/mol. The number of para-hydroxylation sites is 1. The molecule has 2 aromatic carbocycles. The van der Waals surface area contributed by atoms with Crippen molar-refractivity contribution in [2.45, 2.75) is 6.61 Å². The van der Waals surface area contributed by atoms with E-state index >= 15 is 0 Å². The fraction of sp³-hybridized carbons (Fsp3) is 0.118. The number of anilines is 1. The van der Waals surface area contributed by atoms with Crippen molar-refractivity contribution in [3.05, 3.63) is 64.6 Å². The standard InChI is InChI=1S/C17H15BrN2O/c1-19-17-13(9-12-5-2-3-8-16(12)20-17)11-21-15-7-4-6-14(18)10-15/h2-10H,11H2,1H3,(H,19,20). The summed E-state index contributed by atoms with van der Waals surface area (Å²) in [6.07, 6.45) is 0. The van der Waals surface area contributed by atoms with E-state index in [0.29, 0.717) is 6.61 Å². The number of hydrogen-bond donors (Lipinski definition) is 1. The van der Waals surface area contributed by atoms with E-state index in [2.05, 4.69) is 38.4 Å². The molecule has 0 unspecified atom stereocenters. The van der Waals surface area contributed by atoms with Crippen LogP contribution in [0.1, 0.15) is 5.56 Å². The van der Waals surface area contributed by atoms with Crippen molar-refractivity contribution in [2.24, 2.45) is 0 Å². The lowest BCUT2D eigenvalue weighted by molar-refractivity contribution is 0.306. The molecule has 1 N–H and O–H groups in total. The van der Waals surface area contributed by atoms with E-state index in [1.807, 2.05) is 49.5 Å². The van der Waals surface area contributed by atoms with Gasteiger partial charge in [-0.05, 0) is 30.3 Å². The van der Waals surface area contributed by atoms with Gasteiger partial charge in [-0.3, -0.25) is 0 Å². The summed E-state index contributed by atoms with van der Waals surface area (Å²) >= 11 is 3.44. The van der Waals surface area contributed by atoms with Crippen molar-refractivity contribution in [1.29, 1.82) is 0 Å². The quantitative estimate of drug-likeness (QED) is 0.751. The number of hydrogen-bond acceptors (Lipinski definition) is 3. The Bertz CT molecular complexity index is 774. The number of ether oxygens (including phenoxy) is 1. The molecule has 0 saturated carbocycles. The van der Waals surface area contributed by atoms with E-state index in [9.17, 15) is 0 Å². The van der Waals surface area contributed by atoms with Gasteiger partial charge in [-0.2, -0.15) is 0 Å². The first-order valence-corrected chi connectivity index (χ1v) is 7.50. The van der Waals surface area contributed by atoms with Crippen LogP contribution in [-0.2, 0) is 6.61 Å². The second-order valence-electron chi connectivity index (χ2n) is 4.68. The first kappa shape index (κ1) is 13.9. The van der Waals surface area contributed by atoms with Gasteiger partial charge in [0.1, 0.15) is 18.2 Å². The largest absolute Gasteiger partial charge is 0.489 e. The van der Waals surface area contributed by atoms with Crippen molar-refractivity contribution < 1.29 is 4.74 Å². The second kappa shape index (κ2) is 6.14. The third-order valence-corrected chi connectivity index (χ3v) is 3.72. The highest BCUT2D eigenvalue weighted by molar-refractivity contribution is 9.10. The number of nitrogens with zero attached hydrogens (tertiary/aromatic N) is 1. The summed E-state index contributed by atoms with van der Waals surface area (Å²) in [5.41, 5.74) is 2.02. The van der Waals surface area contributed by atoms with Gasteiger partial charge >= 0.3 is 0 Å². The van der Waals surface area contributed by atoms with Crippen LogP contribution in [0, 0.1) is 0 Å². The minimum absolute atomic E-state index is 0.477.